The Hall–Kier alpha value is -2.21. The number of rotatable bonds is 2. The molecule has 0 unspecified atom stereocenters. The van der Waals surface area contributed by atoms with Crippen LogP contribution in [0.1, 0.15) is 5.56 Å². The molecule has 0 radical (unpaired) electrons. The average Bonchev–Trinajstić information content (AvgIpc) is 2.76. The highest BCUT2D eigenvalue weighted by atomic mass is 35.5. The zero-order valence-electron chi connectivity index (χ0n) is 9.17. The molecule has 7 heteroatoms. The maximum Gasteiger partial charge on any atom is 0.278 e. The Kier molecular flexibility index (Phi) is 2.56. The van der Waals surface area contributed by atoms with E-state index in [1.807, 2.05) is 24.3 Å². The quantitative estimate of drug-likeness (QED) is 0.752. The monoisotopic (exact) mass is 261 g/mol. The van der Waals surface area contributed by atoms with E-state index in [1.54, 1.807) is 10.9 Å². The first kappa shape index (κ1) is 10.9. The van der Waals surface area contributed by atoms with Crippen LogP contribution in [0, 0.1) is 0 Å². The van der Waals surface area contributed by atoms with Gasteiger partial charge in [-0.25, -0.2) is 5.10 Å². The third-order valence-electron chi connectivity index (χ3n) is 2.54. The largest absolute Gasteiger partial charge is 0.278 e. The highest BCUT2D eigenvalue weighted by Crippen LogP contribution is 2.11. The number of fused-ring (bicyclic) bond motifs is 1. The van der Waals surface area contributed by atoms with Gasteiger partial charge in [-0.3, -0.25) is 9.48 Å². The first-order valence-corrected chi connectivity index (χ1v) is 5.63. The van der Waals surface area contributed by atoms with E-state index >= 15 is 0 Å². The molecule has 0 amide bonds. The maximum atomic E-state index is 11.5. The number of aromatic amines is 1. The summed E-state index contributed by atoms with van der Waals surface area (Å²) in [7, 11) is 0. The molecule has 0 atom stereocenters. The van der Waals surface area contributed by atoms with Gasteiger partial charge in [0.2, 0.25) is 5.65 Å². The Bertz CT molecular complexity index is 746. The minimum absolute atomic E-state index is 0.289. The third-order valence-corrected chi connectivity index (χ3v) is 2.79. The smallest absolute Gasteiger partial charge is 0.267 e. The predicted molar refractivity (Wildman–Crippen MR) is 66.5 cm³/mol. The van der Waals surface area contributed by atoms with E-state index in [9.17, 15) is 4.79 Å². The van der Waals surface area contributed by atoms with Crippen LogP contribution >= 0.6 is 11.6 Å². The summed E-state index contributed by atoms with van der Waals surface area (Å²) in [5, 5.41) is 14.8. The third kappa shape index (κ3) is 1.98. The van der Waals surface area contributed by atoms with Gasteiger partial charge in [0, 0.05) is 11.2 Å². The standard InChI is InChI=1S/C11H8ClN5O/c12-8-3-1-7(2-4-8)5-17-6-9-10(15-17)13-16-14-11(9)18/h1-4,6H,5H2,(H,13,14,15,18). The van der Waals surface area contributed by atoms with E-state index in [2.05, 4.69) is 20.5 Å². The number of hydrogen-bond donors (Lipinski definition) is 1. The zero-order valence-corrected chi connectivity index (χ0v) is 9.92. The first-order valence-electron chi connectivity index (χ1n) is 5.25. The van der Waals surface area contributed by atoms with Crippen molar-refractivity contribution < 1.29 is 0 Å². The van der Waals surface area contributed by atoms with Crippen molar-refractivity contribution in [1.29, 1.82) is 0 Å². The van der Waals surface area contributed by atoms with E-state index in [1.165, 1.54) is 0 Å². The fraction of sp³-hybridized carbons (Fsp3) is 0.0909. The Labute approximate surface area is 106 Å². The molecule has 0 aliphatic carbocycles. The Morgan fingerprint density at radius 1 is 1.28 bits per heavy atom. The lowest BCUT2D eigenvalue weighted by Gasteiger charge is -2.00. The summed E-state index contributed by atoms with van der Waals surface area (Å²) in [6, 6.07) is 7.44. The number of hydrogen-bond acceptors (Lipinski definition) is 4. The second kappa shape index (κ2) is 4.23. The summed E-state index contributed by atoms with van der Waals surface area (Å²) in [6.45, 7) is 0.549. The van der Waals surface area contributed by atoms with Gasteiger partial charge in [0.25, 0.3) is 5.56 Å². The molecule has 0 spiro atoms. The molecule has 0 fully saturated rings. The Balaban J connectivity index is 1.98. The van der Waals surface area contributed by atoms with Crippen LogP contribution in [-0.2, 0) is 6.54 Å². The summed E-state index contributed by atoms with van der Waals surface area (Å²) in [6.07, 6.45) is 1.65. The summed E-state index contributed by atoms with van der Waals surface area (Å²) < 4.78 is 1.65. The molecule has 3 rings (SSSR count). The molecular weight excluding hydrogens is 254 g/mol. The fourth-order valence-electron chi connectivity index (χ4n) is 1.68. The van der Waals surface area contributed by atoms with Gasteiger partial charge in [-0.2, -0.15) is 0 Å². The van der Waals surface area contributed by atoms with Crippen molar-refractivity contribution in [3.8, 4) is 0 Å². The molecule has 1 aromatic carbocycles. The SMILES string of the molecule is O=c1[nH]nnc2nn(Cc3ccc(Cl)cc3)cc12. The number of nitrogens with one attached hydrogen (secondary N) is 1. The van der Waals surface area contributed by atoms with E-state index in [0.29, 0.717) is 22.6 Å². The molecule has 0 aliphatic rings. The lowest BCUT2D eigenvalue weighted by atomic mass is 10.2. The van der Waals surface area contributed by atoms with Gasteiger partial charge < -0.3 is 0 Å². The second-order valence-electron chi connectivity index (χ2n) is 3.83. The summed E-state index contributed by atoms with van der Waals surface area (Å²) in [5.41, 5.74) is 1.09. The highest BCUT2D eigenvalue weighted by molar-refractivity contribution is 6.30. The number of halogens is 1. The Morgan fingerprint density at radius 2 is 2.06 bits per heavy atom. The lowest BCUT2D eigenvalue weighted by molar-refractivity contribution is 0.691. The normalized spacial score (nSPS) is 10.9. The van der Waals surface area contributed by atoms with Crippen molar-refractivity contribution in [2.45, 2.75) is 6.54 Å². The van der Waals surface area contributed by atoms with E-state index in [0.717, 1.165) is 5.56 Å². The lowest BCUT2D eigenvalue weighted by Crippen LogP contribution is -2.08. The molecule has 6 nitrogen and oxygen atoms in total. The molecule has 0 saturated carbocycles. The van der Waals surface area contributed by atoms with E-state index in [-0.39, 0.29) is 5.56 Å². The number of aromatic nitrogens is 5. The predicted octanol–water partition coefficient (Wildman–Crippen LogP) is 1.22. The molecular formula is C11H8ClN5O. The van der Waals surface area contributed by atoms with Gasteiger partial charge in [-0.1, -0.05) is 28.9 Å². The first-order chi connectivity index (χ1) is 8.72. The van der Waals surface area contributed by atoms with Gasteiger partial charge in [-0.15, -0.1) is 10.2 Å². The topological polar surface area (TPSA) is 76.5 Å². The molecule has 18 heavy (non-hydrogen) atoms. The number of benzene rings is 1. The molecule has 2 aromatic heterocycles. The molecule has 0 aliphatic heterocycles. The van der Waals surface area contributed by atoms with Gasteiger partial charge in [0.1, 0.15) is 5.39 Å². The second-order valence-corrected chi connectivity index (χ2v) is 4.27. The molecule has 2 heterocycles. The zero-order chi connectivity index (χ0) is 12.5. The Morgan fingerprint density at radius 3 is 2.78 bits per heavy atom. The minimum atomic E-state index is -0.289. The van der Waals surface area contributed by atoms with Crippen molar-refractivity contribution in [1.82, 2.24) is 25.2 Å². The van der Waals surface area contributed by atoms with Crippen molar-refractivity contribution >= 4 is 22.6 Å². The fourth-order valence-corrected chi connectivity index (χ4v) is 1.81. The van der Waals surface area contributed by atoms with E-state index in [4.69, 9.17) is 11.6 Å². The molecule has 0 bridgehead atoms. The van der Waals surface area contributed by atoms with Crippen molar-refractivity contribution in [2.24, 2.45) is 0 Å². The van der Waals surface area contributed by atoms with Crippen LogP contribution in [0.15, 0.2) is 35.3 Å². The van der Waals surface area contributed by atoms with Crippen LogP contribution in [0.3, 0.4) is 0 Å². The van der Waals surface area contributed by atoms with Gasteiger partial charge in [-0.05, 0) is 17.7 Å². The molecule has 90 valence electrons. The van der Waals surface area contributed by atoms with Crippen LogP contribution in [0.5, 0.6) is 0 Å². The van der Waals surface area contributed by atoms with Gasteiger partial charge in [0.15, 0.2) is 0 Å². The van der Waals surface area contributed by atoms with Crippen LogP contribution in [-0.4, -0.2) is 25.2 Å². The molecule has 3 aromatic rings. The summed E-state index contributed by atoms with van der Waals surface area (Å²) in [5.74, 6) is 0. The molecule has 1 N–H and O–H groups in total. The van der Waals surface area contributed by atoms with Gasteiger partial charge in [0.05, 0.1) is 6.54 Å². The van der Waals surface area contributed by atoms with E-state index < -0.39 is 0 Å². The van der Waals surface area contributed by atoms with Crippen molar-refractivity contribution in [2.75, 3.05) is 0 Å². The van der Waals surface area contributed by atoms with Crippen LogP contribution in [0.4, 0.5) is 0 Å². The summed E-state index contributed by atoms with van der Waals surface area (Å²) >= 11 is 5.81. The van der Waals surface area contributed by atoms with Crippen molar-refractivity contribution in [3.05, 3.63) is 51.4 Å². The van der Waals surface area contributed by atoms with Crippen LogP contribution in [0.2, 0.25) is 5.02 Å². The minimum Gasteiger partial charge on any atom is -0.267 e. The highest BCUT2D eigenvalue weighted by Gasteiger charge is 2.06. The number of nitrogens with zero attached hydrogens (tertiary/aromatic N) is 4. The van der Waals surface area contributed by atoms with Crippen LogP contribution < -0.4 is 5.56 Å². The summed E-state index contributed by atoms with van der Waals surface area (Å²) in [4.78, 5) is 11.5. The van der Waals surface area contributed by atoms with Gasteiger partial charge >= 0.3 is 0 Å². The average molecular weight is 262 g/mol. The maximum absolute atomic E-state index is 11.5. The number of H-pyrrole nitrogens is 1. The molecule has 0 saturated heterocycles. The van der Waals surface area contributed by atoms with Crippen molar-refractivity contribution in [3.63, 3.8) is 0 Å². The van der Waals surface area contributed by atoms with Crippen LogP contribution in [0.25, 0.3) is 11.0 Å².